The van der Waals surface area contributed by atoms with E-state index in [2.05, 4.69) is 21.3 Å². The molecule has 0 atom stereocenters. The zero-order valence-corrected chi connectivity index (χ0v) is 19.8. The zero-order valence-electron chi connectivity index (χ0n) is 18.3. The van der Waals surface area contributed by atoms with Crippen molar-refractivity contribution in [1.29, 1.82) is 0 Å². The number of nitro groups is 2. The Labute approximate surface area is 206 Å². The molecule has 2 aromatic rings. The van der Waals surface area contributed by atoms with E-state index >= 15 is 0 Å². The largest absolute Gasteiger partial charge is 0.506 e. The number of phenols is 2. The van der Waals surface area contributed by atoms with Crippen molar-refractivity contribution in [3.63, 3.8) is 0 Å². The Morgan fingerprint density at radius 2 is 0.882 bits per heavy atom. The van der Waals surface area contributed by atoms with E-state index in [-0.39, 0.29) is 32.9 Å². The van der Waals surface area contributed by atoms with Gasteiger partial charge in [-0.3, -0.25) is 20.2 Å². The Balaban J connectivity index is 0.000000235. The molecule has 2 aliphatic rings. The van der Waals surface area contributed by atoms with Gasteiger partial charge in [0, 0.05) is 76.6 Å². The molecule has 0 bridgehead atoms. The topological polar surface area (TPSA) is 175 Å². The van der Waals surface area contributed by atoms with Gasteiger partial charge >= 0.3 is 0 Å². The SMILES string of the molecule is C1CNCCN1.C1CNCCN1.O=[N+]([O-])c1ccc(O)c(Cl)c1.O=[N+]([O-])c1ccc(O)c(Cl)c1. The molecule has 0 unspecified atom stereocenters. The highest BCUT2D eigenvalue weighted by Crippen LogP contribution is 2.27. The molecule has 2 fully saturated rings. The highest BCUT2D eigenvalue weighted by Gasteiger charge is 2.08. The molecular weight excluding hydrogens is 491 g/mol. The summed E-state index contributed by atoms with van der Waals surface area (Å²) in [5, 5.41) is 50.9. The van der Waals surface area contributed by atoms with E-state index in [1.165, 1.54) is 24.3 Å². The number of hydrogen-bond donors (Lipinski definition) is 6. The number of aromatic hydroxyl groups is 2. The van der Waals surface area contributed by atoms with E-state index in [4.69, 9.17) is 33.4 Å². The fraction of sp³-hybridized carbons (Fsp3) is 0.400. The van der Waals surface area contributed by atoms with Crippen molar-refractivity contribution in [1.82, 2.24) is 21.3 Å². The lowest BCUT2D eigenvalue weighted by Crippen LogP contribution is -2.39. The Hall–Kier alpha value is -2.74. The number of rotatable bonds is 2. The molecule has 2 saturated heterocycles. The van der Waals surface area contributed by atoms with E-state index < -0.39 is 9.85 Å². The second-order valence-electron chi connectivity index (χ2n) is 6.79. The summed E-state index contributed by atoms with van der Waals surface area (Å²) in [4.78, 5) is 19.1. The highest BCUT2D eigenvalue weighted by atomic mass is 35.5. The average molecular weight is 519 g/mol. The van der Waals surface area contributed by atoms with E-state index in [0.717, 1.165) is 64.5 Å². The maximum atomic E-state index is 10.1. The number of hydrogen-bond acceptors (Lipinski definition) is 10. The van der Waals surface area contributed by atoms with Crippen LogP contribution in [0, 0.1) is 20.2 Å². The Morgan fingerprint density at radius 1 is 0.618 bits per heavy atom. The van der Waals surface area contributed by atoms with Gasteiger partial charge in [-0.1, -0.05) is 23.2 Å². The minimum Gasteiger partial charge on any atom is -0.506 e. The van der Waals surface area contributed by atoms with Gasteiger partial charge in [-0.25, -0.2) is 0 Å². The Kier molecular flexibility index (Phi) is 14.5. The number of phenolic OH excluding ortho intramolecular Hbond substituents is 2. The summed E-state index contributed by atoms with van der Waals surface area (Å²) in [7, 11) is 0. The second-order valence-corrected chi connectivity index (χ2v) is 7.60. The number of benzene rings is 2. The van der Waals surface area contributed by atoms with Crippen LogP contribution in [0.15, 0.2) is 36.4 Å². The third-order valence-electron chi connectivity index (χ3n) is 4.20. The standard InChI is InChI=1S/2C6H4ClNO3.2C4H10N2/c2*7-5-3-4(8(10)11)1-2-6(5)9;2*1-2-6-4-3-5-1/h2*1-3,9H;2*5-6H,1-4H2. The third kappa shape index (κ3) is 12.5. The van der Waals surface area contributed by atoms with Crippen LogP contribution in [0.4, 0.5) is 11.4 Å². The molecule has 188 valence electrons. The molecule has 0 spiro atoms. The van der Waals surface area contributed by atoms with Crippen LogP contribution < -0.4 is 21.3 Å². The molecule has 14 heteroatoms. The lowest BCUT2D eigenvalue weighted by molar-refractivity contribution is -0.385. The molecule has 6 N–H and O–H groups in total. The highest BCUT2D eigenvalue weighted by molar-refractivity contribution is 6.32. The first-order chi connectivity index (χ1) is 16.2. The van der Waals surface area contributed by atoms with Gasteiger partial charge in [0.1, 0.15) is 11.5 Å². The number of nitrogens with zero attached hydrogens (tertiary/aromatic N) is 2. The molecule has 0 aromatic heterocycles. The molecule has 0 aliphatic carbocycles. The summed E-state index contributed by atoms with van der Waals surface area (Å²) in [5.74, 6) is -0.311. The summed E-state index contributed by atoms with van der Waals surface area (Å²) in [6.07, 6.45) is 0. The van der Waals surface area contributed by atoms with Crippen molar-refractivity contribution in [2.75, 3.05) is 52.4 Å². The molecule has 2 aliphatic heterocycles. The quantitative estimate of drug-likeness (QED) is 0.255. The number of nitrogens with one attached hydrogen (secondary N) is 4. The van der Waals surface area contributed by atoms with Crippen LogP contribution in [0.2, 0.25) is 10.0 Å². The first kappa shape index (κ1) is 29.3. The molecule has 2 aromatic carbocycles. The summed E-state index contributed by atoms with van der Waals surface area (Å²) in [6, 6.07) is 6.91. The number of nitro benzene ring substituents is 2. The third-order valence-corrected chi connectivity index (χ3v) is 4.80. The van der Waals surface area contributed by atoms with Crippen molar-refractivity contribution in [2.45, 2.75) is 0 Å². The van der Waals surface area contributed by atoms with Gasteiger partial charge in [0.2, 0.25) is 0 Å². The van der Waals surface area contributed by atoms with Gasteiger partial charge in [-0.05, 0) is 12.1 Å². The van der Waals surface area contributed by atoms with Gasteiger partial charge in [0.15, 0.2) is 0 Å². The van der Waals surface area contributed by atoms with E-state index in [0.29, 0.717) is 0 Å². The normalized spacial score (nSPS) is 14.6. The van der Waals surface area contributed by atoms with Crippen LogP contribution in [0.3, 0.4) is 0 Å². The Morgan fingerprint density at radius 3 is 1.06 bits per heavy atom. The summed E-state index contributed by atoms with van der Waals surface area (Å²) in [6.45, 7) is 9.11. The Bertz CT molecular complexity index is 817. The minimum absolute atomic E-state index is 0.0146. The fourth-order valence-corrected chi connectivity index (χ4v) is 2.78. The van der Waals surface area contributed by atoms with Crippen LogP contribution >= 0.6 is 23.2 Å². The van der Waals surface area contributed by atoms with Gasteiger partial charge in [0.05, 0.1) is 19.9 Å². The lowest BCUT2D eigenvalue weighted by Gasteiger charge is -2.11. The molecule has 4 rings (SSSR count). The molecule has 34 heavy (non-hydrogen) atoms. The van der Waals surface area contributed by atoms with Crippen LogP contribution in [-0.2, 0) is 0 Å². The predicted molar refractivity (Wildman–Crippen MR) is 131 cm³/mol. The number of halogens is 2. The fourth-order valence-electron chi connectivity index (χ4n) is 2.43. The summed E-state index contributed by atoms with van der Waals surface area (Å²) < 4.78 is 0. The van der Waals surface area contributed by atoms with Crippen LogP contribution in [0.1, 0.15) is 0 Å². The van der Waals surface area contributed by atoms with Crippen molar-refractivity contribution >= 4 is 34.6 Å². The van der Waals surface area contributed by atoms with Crippen molar-refractivity contribution in [3.8, 4) is 11.5 Å². The number of non-ortho nitro benzene ring substituents is 2. The molecule has 0 radical (unpaired) electrons. The maximum Gasteiger partial charge on any atom is 0.271 e. The zero-order chi connectivity index (χ0) is 25.3. The predicted octanol–water partition coefficient (Wildman–Crippen LogP) is 2.27. The minimum atomic E-state index is -0.578. The van der Waals surface area contributed by atoms with E-state index in [9.17, 15) is 20.2 Å². The first-order valence-electron chi connectivity index (χ1n) is 10.3. The van der Waals surface area contributed by atoms with E-state index in [1.807, 2.05) is 0 Å². The van der Waals surface area contributed by atoms with Gasteiger partial charge in [0.25, 0.3) is 11.4 Å². The van der Waals surface area contributed by atoms with Crippen LogP contribution in [0.25, 0.3) is 0 Å². The average Bonchev–Trinajstić information content (AvgIpc) is 2.86. The molecule has 0 saturated carbocycles. The maximum absolute atomic E-state index is 10.1. The molecular formula is C20H28Cl2N6O6. The molecule has 12 nitrogen and oxygen atoms in total. The van der Waals surface area contributed by atoms with Crippen molar-refractivity contribution < 1.29 is 20.1 Å². The summed E-state index contributed by atoms with van der Waals surface area (Å²) in [5.41, 5.74) is -0.263. The van der Waals surface area contributed by atoms with Gasteiger partial charge < -0.3 is 31.5 Å². The van der Waals surface area contributed by atoms with Crippen LogP contribution in [-0.4, -0.2) is 72.4 Å². The molecule has 0 amide bonds. The molecule has 2 heterocycles. The summed E-state index contributed by atoms with van der Waals surface area (Å²) >= 11 is 10.8. The van der Waals surface area contributed by atoms with Crippen LogP contribution in [0.5, 0.6) is 11.5 Å². The van der Waals surface area contributed by atoms with Crippen molar-refractivity contribution in [3.05, 3.63) is 66.7 Å². The van der Waals surface area contributed by atoms with Gasteiger partial charge in [-0.2, -0.15) is 0 Å². The van der Waals surface area contributed by atoms with E-state index in [1.54, 1.807) is 0 Å². The second kappa shape index (κ2) is 16.8. The number of piperazine rings is 2. The van der Waals surface area contributed by atoms with Crippen molar-refractivity contribution in [2.24, 2.45) is 0 Å². The first-order valence-corrected chi connectivity index (χ1v) is 11.1. The monoisotopic (exact) mass is 518 g/mol. The smallest absolute Gasteiger partial charge is 0.271 e. The van der Waals surface area contributed by atoms with Gasteiger partial charge in [-0.15, -0.1) is 0 Å². The lowest BCUT2D eigenvalue weighted by atomic mass is 10.3.